The van der Waals surface area contributed by atoms with Crippen LogP contribution in [-0.4, -0.2) is 35.6 Å². The maximum Gasteiger partial charge on any atom is 0.240 e. The average molecular weight is 325 g/mol. The van der Waals surface area contributed by atoms with Gasteiger partial charge in [-0.3, -0.25) is 9.78 Å². The van der Waals surface area contributed by atoms with Crippen molar-refractivity contribution in [1.82, 2.24) is 10.3 Å². The lowest BCUT2D eigenvalue weighted by Gasteiger charge is -2.23. The maximum atomic E-state index is 12.6. The van der Waals surface area contributed by atoms with E-state index in [-0.39, 0.29) is 12.5 Å². The zero-order valence-electron chi connectivity index (χ0n) is 13.7. The Labute approximate surface area is 142 Å². The molecular formula is C19H23N3O2. The van der Waals surface area contributed by atoms with Gasteiger partial charge in [0.15, 0.2) is 0 Å². The molecule has 2 aromatic rings. The number of nitrogens with zero attached hydrogens (tertiary/aromatic N) is 2. The molecule has 1 aromatic heterocycles. The topological polar surface area (TPSA) is 65.5 Å². The Balaban J connectivity index is 1.57. The lowest BCUT2D eigenvalue weighted by Crippen LogP contribution is -2.40. The van der Waals surface area contributed by atoms with Gasteiger partial charge in [0.2, 0.25) is 5.91 Å². The van der Waals surface area contributed by atoms with Crippen LogP contribution < -0.4 is 10.2 Å². The molecule has 5 nitrogen and oxygen atoms in total. The van der Waals surface area contributed by atoms with Crippen molar-refractivity contribution in [2.75, 3.05) is 24.5 Å². The lowest BCUT2D eigenvalue weighted by atomic mass is 10.1. The van der Waals surface area contributed by atoms with Gasteiger partial charge in [-0.15, -0.1) is 0 Å². The number of aliphatic hydroxyl groups excluding tert-OH is 1. The molecule has 24 heavy (non-hydrogen) atoms. The van der Waals surface area contributed by atoms with Gasteiger partial charge in [-0.05, 0) is 43.0 Å². The maximum absolute atomic E-state index is 12.6. The molecule has 0 saturated heterocycles. The molecule has 126 valence electrons. The fraction of sp³-hybridized carbons (Fsp3) is 0.368. The minimum Gasteiger partial charge on any atom is -0.385 e. The number of nitrogens with one attached hydrogen (secondary N) is 1. The second-order valence-electron chi connectivity index (χ2n) is 6.03. The summed E-state index contributed by atoms with van der Waals surface area (Å²) in [6, 6.07) is 13.5. The van der Waals surface area contributed by atoms with Crippen LogP contribution in [-0.2, 0) is 11.2 Å². The molecule has 0 fully saturated rings. The first kappa shape index (κ1) is 16.6. The first-order valence-electron chi connectivity index (χ1n) is 8.43. The molecule has 2 heterocycles. The molecule has 0 aliphatic carbocycles. The van der Waals surface area contributed by atoms with Crippen LogP contribution in [0, 0.1) is 0 Å². The molecule has 1 aliphatic rings. The van der Waals surface area contributed by atoms with Crippen LogP contribution >= 0.6 is 0 Å². The number of carbonyl (C=O) groups excluding carboxylic acids is 1. The van der Waals surface area contributed by atoms with Crippen LogP contribution in [0.15, 0.2) is 48.7 Å². The number of hydrogen-bond acceptors (Lipinski definition) is 4. The van der Waals surface area contributed by atoms with Gasteiger partial charge >= 0.3 is 0 Å². The molecule has 0 spiro atoms. The minimum absolute atomic E-state index is 0.0394. The van der Waals surface area contributed by atoms with Crippen molar-refractivity contribution in [2.45, 2.75) is 25.4 Å². The van der Waals surface area contributed by atoms with Gasteiger partial charge < -0.3 is 15.3 Å². The number of pyridine rings is 1. The molecule has 0 bridgehead atoms. The van der Waals surface area contributed by atoms with E-state index in [1.54, 1.807) is 12.3 Å². The summed E-state index contributed by atoms with van der Waals surface area (Å²) >= 11 is 0. The zero-order chi connectivity index (χ0) is 16.8. The highest BCUT2D eigenvalue weighted by Gasteiger charge is 2.20. The van der Waals surface area contributed by atoms with Gasteiger partial charge in [-0.1, -0.05) is 24.3 Å². The molecule has 2 N–H and O–H groups in total. The summed E-state index contributed by atoms with van der Waals surface area (Å²) in [5.41, 5.74) is 2.86. The normalized spacial score (nSPS) is 15.5. The number of aromatic nitrogens is 1. The number of rotatable bonds is 5. The number of carbonyl (C=O) groups is 1. The van der Waals surface area contributed by atoms with Crippen LogP contribution in [0.2, 0.25) is 0 Å². The monoisotopic (exact) mass is 325 g/mol. The predicted molar refractivity (Wildman–Crippen MR) is 93.8 cm³/mol. The van der Waals surface area contributed by atoms with E-state index in [2.05, 4.69) is 16.4 Å². The Hall–Kier alpha value is -2.24. The number of amides is 1. The largest absolute Gasteiger partial charge is 0.385 e. The highest BCUT2D eigenvalue weighted by molar-refractivity contribution is 5.95. The summed E-state index contributed by atoms with van der Waals surface area (Å²) in [5, 5.41) is 13.1. The summed E-state index contributed by atoms with van der Waals surface area (Å²) in [6.07, 6.45) is 4.07. The van der Waals surface area contributed by atoms with Crippen molar-refractivity contribution in [3.05, 3.63) is 59.9 Å². The van der Waals surface area contributed by atoms with Crippen LogP contribution in [0.3, 0.4) is 0 Å². The molecule has 1 aliphatic heterocycles. The van der Waals surface area contributed by atoms with Crippen molar-refractivity contribution >= 4 is 11.6 Å². The molecule has 1 aromatic carbocycles. The summed E-state index contributed by atoms with van der Waals surface area (Å²) in [4.78, 5) is 18.6. The summed E-state index contributed by atoms with van der Waals surface area (Å²) in [5.74, 6) is 0.0394. The number of para-hydroxylation sites is 1. The Morgan fingerprint density at radius 3 is 2.88 bits per heavy atom. The van der Waals surface area contributed by atoms with Crippen molar-refractivity contribution < 1.29 is 9.90 Å². The first-order valence-corrected chi connectivity index (χ1v) is 8.43. The van der Waals surface area contributed by atoms with Crippen molar-refractivity contribution in [2.24, 2.45) is 0 Å². The number of hydrogen-bond donors (Lipinski definition) is 2. The van der Waals surface area contributed by atoms with E-state index < -0.39 is 6.10 Å². The minimum atomic E-state index is -0.713. The van der Waals surface area contributed by atoms with Gasteiger partial charge in [0.25, 0.3) is 0 Å². The highest BCUT2D eigenvalue weighted by Crippen LogP contribution is 2.25. The standard InChI is InChI=1S/C19H23N3O2/c23-18(16-9-3-5-11-21-16)13-20-14-19(24)22-12-6-4-8-15-7-1-2-10-17(15)22/h1-3,5,7,9-11,18,20,23H,4,6,8,12-14H2. The smallest absolute Gasteiger partial charge is 0.240 e. The number of aliphatic hydroxyl groups is 1. The Kier molecular flexibility index (Phi) is 5.56. The molecule has 1 atom stereocenters. The third-order valence-electron chi connectivity index (χ3n) is 4.30. The third kappa shape index (κ3) is 3.99. The van der Waals surface area contributed by atoms with Crippen LogP contribution in [0.1, 0.15) is 30.2 Å². The van der Waals surface area contributed by atoms with E-state index in [9.17, 15) is 9.90 Å². The van der Waals surface area contributed by atoms with E-state index >= 15 is 0 Å². The molecule has 1 unspecified atom stereocenters. The fourth-order valence-electron chi connectivity index (χ4n) is 3.04. The van der Waals surface area contributed by atoms with Crippen LogP contribution in [0.5, 0.6) is 0 Å². The number of benzene rings is 1. The van der Waals surface area contributed by atoms with Crippen molar-refractivity contribution in [3.8, 4) is 0 Å². The second kappa shape index (κ2) is 8.04. The molecular weight excluding hydrogens is 302 g/mol. The van der Waals surface area contributed by atoms with E-state index in [1.165, 1.54) is 5.56 Å². The SMILES string of the molecule is O=C(CNCC(O)c1ccccn1)N1CCCCc2ccccc21. The number of fused-ring (bicyclic) bond motifs is 1. The lowest BCUT2D eigenvalue weighted by molar-refractivity contribution is -0.117. The summed E-state index contributed by atoms with van der Waals surface area (Å²) in [6.45, 7) is 1.26. The van der Waals surface area contributed by atoms with Crippen LogP contribution in [0.4, 0.5) is 5.69 Å². The Morgan fingerprint density at radius 1 is 1.21 bits per heavy atom. The quantitative estimate of drug-likeness (QED) is 0.883. The van der Waals surface area contributed by atoms with Gasteiger partial charge in [0.1, 0.15) is 6.10 Å². The number of anilines is 1. The van der Waals surface area contributed by atoms with E-state index in [0.29, 0.717) is 12.2 Å². The Bertz CT molecular complexity index is 675. The van der Waals surface area contributed by atoms with Crippen molar-refractivity contribution in [3.63, 3.8) is 0 Å². The highest BCUT2D eigenvalue weighted by atomic mass is 16.3. The Morgan fingerprint density at radius 2 is 2.04 bits per heavy atom. The number of aryl methyl sites for hydroxylation is 1. The fourth-order valence-corrected chi connectivity index (χ4v) is 3.04. The van der Waals surface area contributed by atoms with E-state index in [1.807, 2.05) is 35.2 Å². The first-order chi connectivity index (χ1) is 11.8. The molecule has 5 heteroatoms. The van der Waals surface area contributed by atoms with Gasteiger partial charge in [-0.2, -0.15) is 0 Å². The molecule has 0 radical (unpaired) electrons. The average Bonchev–Trinajstić information content (AvgIpc) is 2.85. The van der Waals surface area contributed by atoms with Gasteiger partial charge in [0, 0.05) is 25.0 Å². The molecule has 0 saturated carbocycles. The third-order valence-corrected chi connectivity index (χ3v) is 4.30. The van der Waals surface area contributed by atoms with Gasteiger partial charge in [-0.25, -0.2) is 0 Å². The summed E-state index contributed by atoms with van der Waals surface area (Å²) < 4.78 is 0. The summed E-state index contributed by atoms with van der Waals surface area (Å²) in [7, 11) is 0. The molecule has 3 rings (SSSR count). The van der Waals surface area contributed by atoms with E-state index in [0.717, 1.165) is 31.5 Å². The zero-order valence-corrected chi connectivity index (χ0v) is 13.7. The second-order valence-corrected chi connectivity index (χ2v) is 6.03. The van der Waals surface area contributed by atoms with E-state index in [4.69, 9.17) is 0 Å². The molecule has 1 amide bonds. The van der Waals surface area contributed by atoms with Crippen LogP contribution in [0.25, 0.3) is 0 Å². The van der Waals surface area contributed by atoms with Gasteiger partial charge in [0.05, 0.1) is 12.2 Å². The van der Waals surface area contributed by atoms with Crippen molar-refractivity contribution in [1.29, 1.82) is 0 Å². The predicted octanol–water partition coefficient (Wildman–Crippen LogP) is 2.07.